The summed E-state index contributed by atoms with van der Waals surface area (Å²) in [5.41, 5.74) is 2.03. The molecule has 1 heterocycles. The number of aromatic amines is 1. The van der Waals surface area contributed by atoms with E-state index in [9.17, 15) is 4.79 Å². The van der Waals surface area contributed by atoms with Crippen LogP contribution in [0.2, 0.25) is 0 Å². The van der Waals surface area contributed by atoms with Crippen molar-refractivity contribution in [3.05, 3.63) is 23.0 Å². The van der Waals surface area contributed by atoms with Crippen molar-refractivity contribution in [1.82, 2.24) is 4.98 Å². The second-order valence-electron chi connectivity index (χ2n) is 4.77. The maximum Gasteiger partial charge on any atom is 0.355 e. The Labute approximate surface area is 101 Å². The molecule has 0 radical (unpaired) electrons. The molecule has 0 aromatic carbocycles. The molecule has 4 heteroatoms. The van der Waals surface area contributed by atoms with E-state index in [0.717, 1.165) is 11.1 Å². The Balaban J connectivity index is 2.91. The second-order valence-corrected chi connectivity index (χ2v) is 5.14. The van der Waals surface area contributed by atoms with Gasteiger partial charge in [-0.1, -0.05) is 0 Å². The molecule has 0 aliphatic heterocycles. The van der Waals surface area contributed by atoms with Gasteiger partial charge in [-0.25, -0.2) is 4.79 Å². The molecule has 0 aliphatic carbocycles. The molecule has 0 atom stereocenters. The summed E-state index contributed by atoms with van der Waals surface area (Å²) in [5, 5.41) is 0. The number of aryl methyl sites for hydroxylation is 1. The van der Waals surface area contributed by atoms with Crippen LogP contribution in [0.4, 0.5) is 0 Å². The van der Waals surface area contributed by atoms with Crippen molar-refractivity contribution in [3.8, 4) is 0 Å². The largest absolute Gasteiger partial charge is 0.455 e. The molecule has 1 N–H and O–H groups in total. The summed E-state index contributed by atoms with van der Waals surface area (Å²) in [6, 6.07) is 0. The van der Waals surface area contributed by atoms with Gasteiger partial charge >= 0.3 is 5.97 Å². The lowest BCUT2D eigenvalue weighted by Gasteiger charge is -2.19. The van der Waals surface area contributed by atoms with E-state index in [1.165, 1.54) is 0 Å². The van der Waals surface area contributed by atoms with Gasteiger partial charge in [0.1, 0.15) is 11.3 Å². The molecular formula is C12H18ClNO2. The van der Waals surface area contributed by atoms with Gasteiger partial charge in [0.25, 0.3) is 0 Å². The number of H-pyrrole nitrogens is 1. The minimum atomic E-state index is -0.478. The maximum atomic E-state index is 11.9. The molecule has 1 rings (SSSR count). The Kier molecular flexibility index (Phi) is 4.03. The number of hydrogen-bond acceptors (Lipinski definition) is 2. The van der Waals surface area contributed by atoms with Crippen LogP contribution in [0.25, 0.3) is 0 Å². The molecule has 0 bridgehead atoms. The SMILES string of the molecule is Cc1c[nH]c(C(=O)OC(C)(C)C)c1CCCl. The molecule has 0 saturated heterocycles. The van der Waals surface area contributed by atoms with Gasteiger partial charge in [-0.15, -0.1) is 11.6 Å². The molecule has 0 amide bonds. The lowest BCUT2D eigenvalue weighted by atomic mass is 10.1. The summed E-state index contributed by atoms with van der Waals surface area (Å²) in [4.78, 5) is 14.8. The van der Waals surface area contributed by atoms with Gasteiger partial charge in [-0.2, -0.15) is 0 Å². The summed E-state index contributed by atoms with van der Waals surface area (Å²) in [6.07, 6.45) is 2.48. The smallest absolute Gasteiger partial charge is 0.355 e. The first-order valence-electron chi connectivity index (χ1n) is 5.31. The van der Waals surface area contributed by atoms with Crippen LogP contribution in [0.3, 0.4) is 0 Å². The van der Waals surface area contributed by atoms with E-state index in [0.29, 0.717) is 18.0 Å². The number of ether oxygens (including phenoxy) is 1. The summed E-state index contributed by atoms with van der Waals surface area (Å²) in [6.45, 7) is 7.50. The van der Waals surface area contributed by atoms with E-state index in [4.69, 9.17) is 16.3 Å². The van der Waals surface area contributed by atoms with Gasteiger partial charge in [-0.3, -0.25) is 0 Å². The normalized spacial score (nSPS) is 11.6. The molecule has 0 spiro atoms. The number of aromatic nitrogens is 1. The zero-order chi connectivity index (χ0) is 12.3. The lowest BCUT2D eigenvalue weighted by molar-refractivity contribution is 0.00624. The lowest BCUT2D eigenvalue weighted by Crippen LogP contribution is -2.24. The van der Waals surface area contributed by atoms with E-state index in [1.807, 2.05) is 27.7 Å². The zero-order valence-electron chi connectivity index (χ0n) is 10.2. The first-order chi connectivity index (χ1) is 7.35. The predicted molar refractivity (Wildman–Crippen MR) is 65.1 cm³/mol. The predicted octanol–water partition coefficient (Wildman–Crippen LogP) is 3.06. The van der Waals surface area contributed by atoms with Crippen LogP contribution in [0.15, 0.2) is 6.20 Å². The molecule has 90 valence electrons. The number of rotatable bonds is 3. The van der Waals surface area contributed by atoms with Crippen LogP contribution >= 0.6 is 11.6 Å². The van der Waals surface area contributed by atoms with E-state index in [1.54, 1.807) is 6.20 Å². The molecular weight excluding hydrogens is 226 g/mol. The molecule has 3 nitrogen and oxygen atoms in total. The summed E-state index contributed by atoms with van der Waals surface area (Å²) in [7, 11) is 0. The van der Waals surface area contributed by atoms with E-state index < -0.39 is 5.60 Å². The number of esters is 1. The Morgan fingerprint density at radius 2 is 2.12 bits per heavy atom. The zero-order valence-corrected chi connectivity index (χ0v) is 10.9. The number of halogens is 1. The minimum absolute atomic E-state index is 0.319. The first kappa shape index (κ1) is 13.1. The quantitative estimate of drug-likeness (QED) is 0.655. The van der Waals surface area contributed by atoms with Crippen molar-refractivity contribution in [2.45, 2.75) is 39.7 Å². The van der Waals surface area contributed by atoms with Gasteiger partial charge in [0.2, 0.25) is 0 Å². The number of hydrogen-bond donors (Lipinski definition) is 1. The maximum absolute atomic E-state index is 11.9. The van der Waals surface area contributed by atoms with Crippen LogP contribution in [0.5, 0.6) is 0 Å². The fourth-order valence-corrected chi connectivity index (χ4v) is 1.67. The Bertz CT molecular complexity index is 377. The van der Waals surface area contributed by atoms with Gasteiger partial charge in [0, 0.05) is 12.1 Å². The molecule has 1 aromatic heterocycles. The summed E-state index contributed by atoms with van der Waals surface area (Å²) >= 11 is 5.71. The van der Waals surface area contributed by atoms with Crippen molar-refractivity contribution in [2.75, 3.05) is 5.88 Å². The number of carbonyl (C=O) groups excluding carboxylic acids is 1. The van der Waals surface area contributed by atoms with Crippen molar-refractivity contribution in [3.63, 3.8) is 0 Å². The fraction of sp³-hybridized carbons (Fsp3) is 0.583. The van der Waals surface area contributed by atoms with Crippen LogP contribution in [0, 0.1) is 6.92 Å². The van der Waals surface area contributed by atoms with Crippen molar-refractivity contribution < 1.29 is 9.53 Å². The highest BCUT2D eigenvalue weighted by Gasteiger charge is 2.22. The van der Waals surface area contributed by atoms with Crippen LogP contribution in [-0.4, -0.2) is 22.4 Å². The first-order valence-corrected chi connectivity index (χ1v) is 5.85. The minimum Gasteiger partial charge on any atom is -0.455 e. The van der Waals surface area contributed by atoms with Crippen LogP contribution < -0.4 is 0 Å². The summed E-state index contributed by atoms with van der Waals surface area (Å²) < 4.78 is 5.31. The van der Waals surface area contributed by atoms with E-state index in [2.05, 4.69) is 4.98 Å². The van der Waals surface area contributed by atoms with Crippen LogP contribution in [-0.2, 0) is 11.2 Å². The molecule has 0 fully saturated rings. The topological polar surface area (TPSA) is 42.1 Å². The third kappa shape index (κ3) is 3.27. The van der Waals surface area contributed by atoms with E-state index in [-0.39, 0.29) is 5.97 Å². The molecule has 0 unspecified atom stereocenters. The number of nitrogens with one attached hydrogen (secondary N) is 1. The number of alkyl halides is 1. The van der Waals surface area contributed by atoms with Gasteiger partial charge in [0.15, 0.2) is 0 Å². The third-order valence-electron chi connectivity index (χ3n) is 2.16. The third-order valence-corrected chi connectivity index (χ3v) is 2.35. The second kappa shape index (κ2) is 4.91. The average molecular weight is 244 g/mol. The van der Waals surface area contributed by atoms with Gasteiger partial charge in [0.05, 0.1) is 0 Å². The van der Waals surface area contributed by atoms with E-state index >= 15 is 0 Å². The monoisotopic (exact) mass is 243 g/mol. The Morgan fingerprint density at radius 3 is 2.62 bits per heavy atom. The highest BCUT2D eigenvalue weighted by Crippen LogP contribution is 2.18. The Hall–Kier alpha value is -0.960. The number of carbonyl (C=O) groups is 1. The molecule has 0 saturated carbocycles. The van der Waals surface area contributed by atoms with Crippen molar-refractivity contribution in [2.24, 2.45) is 0 Å². The summed E-state index contributed by atoms with van der Waals surface area (Å²) in [5.74, 6) is 0.176. The Morgan fingerprint density at radius 1 is 1.50 bits per heavy atom. The highest BCUT2D eigenvalue weighted by atomic mass is 35.5. The fourth-order valence-electron chi connectivity index (χ4n) is 1.48. The van der Waals surface area contributed by atoms with Crippen molar-refractivity contribution in [1.29, 1.82) is 0 Å². The average Bonchev–Trinajstić information content (AvgIpc) is 2.46. The molecule has 16 heavy (non-hydrogen) atoms. The van der Waals surface area contributed by atoms with Gasteiger partial charge < -0.3 is 9.72 Å². The van der Waals surface area contributed by atoms with Gasteiger partial charge in [-0.05, 0) is 45.2 Å². The highest BCUT2D eigenvalue weighted by molar-refractivity contribution is 6.18. The molecule has 1 aromatic rings. The van der Waals surface area contributed by atoms with Crippen LogP contribution in [0.1, 0.15) is 42.4 Å². The standard InChI is InChI=1S/C12H18ClNO2/c1-8-7-14-10(9(8)5-6-13)11(15)16-12(2,3)4/h7,14H,5-6H2,1-4H3. The molecule has 0 aliphatic rings. The van der Waals surface area contributed by atoms with Crippen molar-refractivity contribution >= 4 is 17.6 Å².